The average molecular weight is 388 g/mol. The van der Waals surface area contributed by atoms with Crippen LogP contribution in [0.1, 0.15) is 20.9 Å². The van der Waals surface area contributed by atoms with E-state index in [1.54, 1.807) is 6.07 Å². The summed E-state index contributed by atoms with van der Waals surface area (Å²) < 4.78 is 0. The number of halogens is 1. The fourth-order valence-electron chi connectivity index (χ4n) is 2.37. The van der Waals surface area contributed by atoms with Crippen molar-refractivity contribution in [2.75, 3.05) is 0 Å². The molecule has 8 heteroatoms. The minimum Gasteiger partial charge on any atom is -0.347 e. The van der Waals surface area contributed by atoms with E-state index in [1.807, 2.05) is 25.1 Å². The van der Waals surface area contributed by atoms with Gasteiger partial charge in [-0.1, -0.05) is 35.9 Å². The minimum absolute atomic E-state index is 0.118. The van der Waals surface area contributed by atoms with Crippen LogP contribution in [0.2, 0.25) is 5.02 Å². The zero-order valence-corrected chi connectivity index (χ0v) is 15.3. The number of nitro benzene ring substituents is 1. The number of carbonyl (C=O) groups is 1. The number of nitro groups is 1. The Morgan fingerprint density at radius 1 is 1.27 bits per heavy atom. The molecule has 3 rings (SSSR count). The summed E-state index contributed by atoms with van der Waals surface area (Å²) in [5, 5.41) is 15.0. The zero-order chi connectivity index (χ0) is 18.7. The molecular formula is C18H14ClN3O3S. The second kappa shape index (κ2) is 7.63. The zero-order valence-electron chi connectivity index (χ0n) is 13.7. The van der Waals surface area contributed by atoms with Crippen molar-refractivity contribution < 1.29 is 9.72 Å². The molecule has 0 atom stereocenters. The van der Waals surface area contributed by atoms with E-state index >= 15 is 0 Å². The van der Waals surface area contributed by atoms with Crippen LogP contribution in [0.15, 0.2) is 48.5 Å². The van der Waals surface area contributed by atoms with Crippen molar-refractivity contribution >= 4 is 34.5 Å². The maximum absolute atomic E-state index is 12.3. The lowest BCUT2D eigenvalue weighted by molar-refractivity contribution is -0.384. The minimum atomic E-state index is -0.528. The lowest BCUT2D eigenvalue weighted by Gasteiger charge is -2.04. The summed E-state index contributed by atoms with van der Waals surface area (Å²) in [4.78, 5) is 28.0. The van der Waals surface area contributed by atoms with Crippen LogP contribution in [0, 0.1) is 17.0 Å². The molecular weight excluding hydrogens is 374 g/mol. The van der Waals surface area contributed by atoms with E-state index in [0.29, 0.717) is 5.02 Å². The number of benzene rings is 2. The van der Waals surface area contributed by atoms with Crippen molar-refractivity contribution in [2.45, 2.75) is 13.5 Å². The Balaban J connectivity index is 1.74. The number of nitrogens with zero attached hydrogens (tertiary/aromatic N) is 2. The summed E-state index contributed by atoms with van der Waals surface area (Å²) in [7, 11) is 0. The van der Waals surface area contributed by atoms with E-state index in [2.05, 4.69) is 10.3 Å². The Hall–Kier alpha value is -2.77. The average Bonchev–Trinajstić information content (AvgIpc) is 3.00. The number of thiazole rings is 1. The molecule has 1 heterocycles. The van der Waals surface area contributed by atoms with Gasteiger partial charge in [-0.2, -0.15) is 0 Å². The quantitative estimate of drug-likeness (QED) is 0.511. The van der Waals surface area contributed by atoms with Gasteiger partial charge in [-0.25, -0.2) is 4.98 Å². The second-order valence-electron chi connectivity index (χ2n) is 5.50. The van der Waals surface area contributed by atoms with Crippen molar-refractivity contribution in [1.29, 1.82) is 0 Å². The number of hydrogen-bond acceptors (Lipinski definition) is 5. The highest BCUT2D eigenvalue weighted by atomic mass is 35.5. The predicted octanol–water partition coefficient (Wildman–Crippen LogP) is 4.61. The number of aryl methyl sites for hydroxylation is 1. The van der Waals surface area contributed by atoms with Gasteiger partial charge in [0.1, 0.15) is 5.01 Å². The molecule has 0 saturated heterocycles. The molecule has 0 bridgehead atoms. The molecule has 0 radical (unpaired) electrons. The van der Waals surface area contributed by atoms with E-state index in [4.69, 9.17) is 11.6 Å². The Bertz CT molecular complexity index is 987. The Labute approximate surface area is 158 Å². The molecule has 0 aliphatic heterocycles. The van der Waals surface area contributed by atoms with E-state index in [1.165, 1.54) is 35.6 Å². The summed E-state index contributed by atoms with van der Waals surface area (Å²) in [6.45, 7) is 2.15. The third kappa shape index (κ3) is 3.89. The molecule has 3 aromatic rings. The molecule has 0 aliphatic carbocycles. The number of aromatic nitrogens is 1. The molecule has 0 fully saturated rings. The lowest BCUT2D eigenvalue weighted by atomic mass is 10.2. The first-order valence-electron chi connectivity index (χ1n) is 7.69. The van der Waals surface area contributed by atoms with Gasteiger partial charge >= 0.3 is 0 Å². The van der Waals surface area contributed by atoms with Crippen LogP contribution in [-0.4, -0.2) is 15.8 Å². The number of nitrogens with one attached hydrogen (secondary N) is 1. The molecule has 1 amide bonds. The topological polar surface area (TPSA) is 85.1 Å². The van der Waals surface area contributed by atoms with Gasteiger partial charge in [-0.05, 0) is 19.1 Å². The molecule has 1 N–H and O–H groups in total. The number of amides is 1. The summed E-state index contributed by atoms with van der Waals surface area (Å²) in [6.07, 6.45) is 0. The van der Waals surface area contributed by atoms with Gasteiger partial charge < -0.3 is 5.32 Å². The van der Waals surface area contributed by atoms with Crippen molar-refractivity contribution in [3.63, 3.8) is 0 Å². The molecule has 1 aromatic heterocycles. The fraction of sp³-hybridized carbons (Fsp3) is 0.111. The monoisotopic (exact) mass is 387 g/mol. The highest BCUT2D eigenvalue weighted by molar-refractivity contribution is 7.15. The first-order valence-corrected chi connectivity index (χ1v) is 8.89. The van der Waals surface area contributed by atoms with Gasteiger partial charge in [0.25, 0.3) is 11.6 Å². The standard InChI is InChI=1S/C18H14ClN3O3S/c1-11-16(26-18(21-11)14-7-2-3-8-15(14)19)10-20-17(23)12-5-4-6-13(9-12)22(24)25/h2-9H,10H2,1H3,(H,20,23). The summed E-state index contributed by atoms with van der Waals surface area (Å²) in [6, 6.07) is 13.1. The molecule has 6 nitrogen and oxygen atoms in total. The van der Waals surface area contributed by atoms with Gasteiger partial charge in [-0.15, -0.1) is 11.3 Å². The van der Waals surface area contributed by atoms with E-state index < -0.39 is 4.92 Å². The van der Waals surface area contributed by atoms with Crippen LogP contribution in [0.25, 0.3) is 10.6 Å². The number of rotatable bonds is 5. The first-order chi connectivity index (χ1) is 12.5. The van der Waals surface area contributed by atoms with Gasteiger partial charge in [0, 0.05) is 28.1 Å². The first kappa shape index (κ1) is 18.0. The Morgan fingerprint density at radius 3 is 2.77 bits per heavy atom. The maximum Gasteiger partial charge on any atom is 0.270 e. The molecule has 2 aromatic carbocycles. The third-order valence-electron chi connectivity index (χ3n) is 3.73. The predicted molar refractivity (Wildman–Crippen MR) is 102 cm³/mol. The Kier molecular flexibility index (Phi) is 5.29. The van der Waals surface area contributed by atoms with Crippen LogP contribution in [0.5, 0.6) is 0 Å². The molecule has 132 valence electrons. The third-order valence-corrected chi connectivity index (χ3v) is 5.25. The molecule has 26 heavy (non-hydrogen) atoms. The van der Waals surface area contributed by atoms with Crippen molar-refractivity contribution in [3.05, 3.63) is 79.8 Å². The number of hydrogen-bond donors (Lipinski definition) is 1. The van der Waals surface area contributed by atoms with Crippen molar-refractivity contribution in [2.24, 2.45) is 0 Å². The van der Waals surface area contributed by atoms with Gasteiger partial charge in [-0.3, -0.25) is 14.9 Å². The maximum atomic E-state index is 12.3. The van der Waals surface area contributed by atoms with Crippen LogP contribution < -0.4 is 5.32 Å². The smallest absolute Gasteiger partial charge is 0.270 e. The van der Waals surface area contributed by atoms with Crippen LogP contribution in [0.3, 0.4) is 0 Å². The molecule has 0 aliphatic rings. The lowest BCUT2D eigenvalue weighted by Crippen LogP contribution is -2.22. The van der Waals surface area contributed by atoms with Gasteiger partial charge in [0.15, 0.2) is 0 Å². The Morgan fingerprint density at radius 2 is 2.04 bits per heavy atom. The van der Waals surface area contributed by atoms with Gasteiger partial charge in [0.2, 0.25) is 0 Å². The van der Waals surface area contributed by atoms with Gasteiger partial charge in [0.05, 0.1) is 22.2 Å². The fourth-order valence-corrected chi connectivity index (χ4v) is 3.69. The van der Waals surface area contributed by atoms with Crippen molar-refractivity contribution in [3.8, 4) is 10.6 Å². The SMILES string of the molecule is Cc1nc(-c2ccccc2Cl)sc1CNC(=O)c1cccc([N+](=O)[O-])c1. The normalized spacial score (nSPS) is 10.5. The van der Waals surface area contributed by atoms with Crippen LogP contribution in [0.4, 0.5) is 5.69 Å². The van der Waals surface area contributed by atoms with Crippen molar-refractivity contribution in [1.82, 2.24) is 10.3 Å². The van der Waals surface area contributed by atoms with E-state index in [9.17, 15) is 14.9 Å². The molecule has 0 unspecified atom stereocenters. The number of non-ortho nitro benzene ring substituents is 1. The summed E-state index contributed by atoms with van der Waals surface area (Å²) in [5.74, 6) is -0.374. The highest BCUT2D eigenvalue weighted by Gasteiger charge is 2.14. The van der Waals surface area contributed by atoms with Crippen LogP contribution >= 0.6 is 22.9 Å². The second-order valence-corrected chi connectivity index (χ2v) is 6.99. The van der Waals surface area contributed by atoms with E-state index in [0.717, 1.165) is 21.1 Å². The molecule has 0 spiro atoms. The number of carbonyl (C=O) groups excluding carboxylic acids is 1. The summed E-state index contributed by atoms with van der Waals surface area (Å²) >= 11 is 7.66. The van der Waals surface area contributed by atoms with Crippen LogP contribution in [-0.2, 0) is 6.54 Å². The molecule has 0 saturated carbocycles. The highest BCUT2D eigenvalue weighted by Crippen LogP contribution is 2.32. The van der Waals surface area contributed by atoms with E-state index in [-0.39, 0.29) is 23.7 Å². The largest absolute Gasteiger partial charge is 0.347 e. The summed E-state index contributed by atoms with van der Waals surface area (Å²) in [5.41, 5.74) is 1.78.